The second-order valence-electron chi connectivity index (χ2n) is 5.65. The van der Waals surface area contributed by atoms with Gasteiger partial charge in [0.1, 0.15) is 0 Å². The van der Waals surface area contributed by atoms with Crippen LogP contribution in [0, 0.1) is 0 Å². The van der Waals surface area contributed by atoms with Crippen molar-refractivity contribution in [2.45, 2.75) is 50.6 Å². The molecule has 0 bridgehead atoms. The van der Waals surface area contributed by atoms with Crippen molar-refractivity contribution < 1.29 is 4.79 Å². The summed E-state index contributed by atoms with van der Waals surface area (Å²) in [6, 6.07) is 8.97. The van der Waals surface area contributed by atoms with Crippen LogP contribution in [-0.4, -0.2) is 18.5 Å². The SMILES string of the molecule is O=C1NCCCCC1NC1CCCc2ccccc21. The highest BCUT2D eigenvalue weighted by atomic mass is 16.2. The quantitative estimate of drug-likeness (QED) is 0.855. The van der Waals surface area contributed by atoms with Gasteiger partial charge in [0, 0.05) is 12.6 Å². The number of carbonyl (C=O) groups excluding carboxylic acids is 1. The van der Waals surface area contributed by atoms with Crippen LogP contribution in [0.15, 0.2) is 24.3 Å². The summed E-state index contributed by atoms with van der Waals surface area (Å²) < 4.78 is 0. The monoisotopic (exact) mass is 258 g/mol. The highest BCUT2D eigenvalue weighted by Crippen LogP contribution is 2.30. The molecule has 1 aromatic carbocycles. The molecule has 1 aliphatic carbocycles. The minimum absolute atomic E-state index is 0.0151. The number of hydrogen-bond acceptors (Lipinski definition) is 2. The van der Waals surface area contributed by atoms with Crippen molar-refractivity contribution in [3.63, 3.8) is 0 Å². The topological polar surface area (TPSA) is 41.1 Å². The minimum atomic E-state index is -0.0151. The van der Waals surface area contributed by atoms with E-state index in [-0.39, 0.29) is 11.9 Å². The Morgan fingerprint density at radius 3 is 2.84 bits per heavy atom. The molecule has 0 spiro atoms. The van der Waals surface area contributed by atoms with Crippen LogP contribution in [0.3, 0.4) is 0 Å². The molecule has 2 unspecified atom stereocenters. The fourth-order valence-corrected chi connectivity index (χ4v) is 3.27. The van der Waals surface area contributed by atoms with Gasteiger partial charge in [-0.05, 0) is 49.7 Å². The van der Waals surface area contributed by atoms with Gasteiger partial charge in [0.25, 0.3) is 0 Å². The minimum Gasteiger partial charge on any atom is -0.355 e. The summed E-state index contributed by atoms with van der Waals surface area (Å²) >= 11 is 0. The van der Waals surface area contributed by atoms with Crippen molar-refractivity contribution in [2.75, 3.05) is 6.54 Å². The molecule has 1 heterocycles. The second-order valence-corrected chi connectivity index (χ2v) is 5.65. The number of benzene rings is 1. The third kappa shape index (κ3) is 2.81. The molecular weight excluding hydrogens is 236 g/mol. The van der Waals surface area contributed by atoms with Gasteiger partial charge in [0.15, 0.2) is 0 Å². The zero-order chi connectivity index (χ0) is 13.1. The van der Waals surface area contributed by atoms with Crippen LogP contribution in [0.5, 0.6) is 0 Å². The van der Waals surface area contributed by atoms with Crippen molar-refractivity contribution in [1.82, 2.24) is 10.6 Å². The number of rotatable bonds is 2. The van der Waals surface area contributed by atoms with Crippen LogP contribution < -0.4 is 10.6 Å². The van der Waals surface area contributed by atoms with Crippen molar-refractivity contribution in [3.05, 3.63) is 35.4 Å². The molecule has 3 rings (SSSR count). The zero-order valence-corrected chi connectivity index (χ0v) is 11.3. The molecule has 0 saturated carbocycles. The van der Waals surface area contributed by atoms with E-state index in [1.165, 1.54) is 24.0 Å². The summed E-state index contributed by atoms with van der Waals surface area (Å²) in [5, 5.41) is 6.60. The Labute approximate surface area is 114 Å². The van der Waals surface area contributed by atoms with Gasteiger partial charge >= 0.3 is 0 Å². The normalized spacial score (nSPS) is 27.3. The molecule has 19 heavy (non-hydrogen) atoms. The molecule has 2 atom stereocenters. The van der Waals surface area contributed by atoms with Crippen molar-refractivity contribution in [3.8, 4) is 0 Å². The van der Waals surface area contributed by atoms with E-state index in [0.717, 1.165) is 32.2 Å². The van der Waals surface area contributed by atoms with Gasteiger partial charge in [-0.25, -0.2) is 0 Å². The van der Waals surface area contributed by atoms with Crippen molar-refractivity contribution >= 4 is 5.91 Å². The highest BCUT2D eigenvalue weighted by Gasteiger charge is 2.26. The Morgan fingerprint density at radius 1 is 1.05 bits per heavy atom. The fraction of sp³-hybridized carbons (Fsp3) is 0.562. The summed E-state index contributed by atoms with van der Waals surface area (Å²) in [4.78, 5) is 12.0. The lowest BCUT2D eigenvalue weighted by Crippen LogP contribution is -2.44. The van der Waals surface area contributed by atoms with Gasteiger partial charge in [0.2, 0.25) is 5.91 Å². The van der Waals surface area contributed by atoms with Crippen LogP contribution in [0.1, 0.15) is 49.3 Å². The lowest BCUT2D eigenvalue weighted by atomic mass is 9.87. The van der Waals surface area contributed by atoms with E-state index >= 15 is 0 Å². The van der Waals surface area contributed by atoms with E-state index in [2.05, 4.69) is 34.9 Å². The number of hydrogen-bond donors (Lipinski definition) is 2. The smallest absolute Gasteiger partial charge is 0.237 e. The molecule has 3 nitrogen and oxygen atoms in total. The first kappa shape index (κ1) is 12.7. The molecule has 1 aromatic rings. The number of aryl methyl sites for hydroxylation is 1. The molecule has 0 aromatic heterocycles. The van der Waals surface area contributed by atoms with E-state index in [9.17, 15) is 4.79 Å². The first-order valence-electron chi connectivity index (χ1n) is 7.46. The zero-order valence-electron chi connectivity index (χ0n) is 11.3. The van der Waals surface area contributed by atoms with Gasteiger partial charge in [-0.2, -0.15) is 0 Å². The Balaban J connectivity index is 1.75. The summed E-state index contributed by atoms with van der Waals surface area (Å²) in [5.41, 5.74) is 2.84. The molecule has 102 valence electrons. The maximum absolute atomic E-state index is 12.0. The molecule has 1 fully saturated rings. The van der Waals surface area contributed by atoms with Gasteiger partial charge in [-0.15, -0.1) is 0 Å². The van der Waals surface area contributed by atoms with Gasteiger partial charge in [-0.1, -0.05) is 24.3 Å². The predicted molar refractivity (Wildman–Crippen MR) is 75.9 cm³/mol. The highest BCUT2D eigenvalue weighted by molar-refractivity contribution is 5.82. The van der Waals surface area contributed by atoms with Gasteiger partial charge in [-0.3, -0.25) is 10.1 Å². The van der Waals surface area contributed by atoms with E-state index in [4.69, 9.17) is 0 Å². The molecule has 2 N–H and O–H groups in total. The molecule has 1 saturated heterocycles. The third-order valence-corrected chi connectivity index (χ3v) is 4.31. The van der Waals surface area contributed by atoms with Crippen molar-refractivity contribution in [1.29, 1.82) is 0 Å². The average Bonchev–Trinajstić information content (AvgIpc) is 2.65. The van der Waals surface area contributed by atoms with E-state index in [1.807, 2.05) is 0 Å². The number of carbonyl (C=O) groups is 1. The van der Waals surface area contributed by atoms with E-state index < -0.39 is 0 Å². The lowest BCUT2D eigenvalue weighted by Gasteiger charge is -2.29. The Hall–Kier alpha value is -1.35. The Kier molecular flexibility index (Phi) is 3.83. The number of fused-ring (bicyclic) bond motifs is 1. The van der Waals surface area contributed by atoms with Crippen LogP contribution in [0.4, 0.5) is 0 Å². The first-order valence-corrected chi connectivity index (χ1v) is 7.46. The van der Waals surface area contributed by atoms with Crippen LogP contribution in [0.25, 0.3) is 0 Å². The Morgan fingerprint density at radius 2 is 1.89 bits per heavy atom. The summed E-state index contributed by atoms with van der Waals surface area (Å²) in [6.07, 6.45) is 6.72. The molecular formula is C16H22N2O. The largest absolute Gasteiger partial charge is 0.355 e. The van der Waals surface area contributed by atoms with E-state index in [1.54, 1.807) is 0 Å². The van der Waals surface area contributed by atoms with Crippen molar-refractivity contribution in [2.24, 2.45) is 0 Å². The molecule has 1 aliphatic heterocycles. The Bertz CT molecular complexity index is 458. The lowest BCUT2D eigenvalue weighted by molar-refractivity contribution is -0.123. The van der Waals surface area contributed by atoms with Gasteiger partial charge < -0.3 is 5.32 Å². The maximum atomic E-state index is 12.0. The van der Waals surface area contributed by atoms with Crippen LogP contribution in [-0.2, 0) is 11.2 Å². The molecule has 1 amide bonds. The summed E-state index contributed by atoms with van der Waals surface area (Å²) in [6.45, 7) is 0.832. The maximum Gasteiger partial charge on any atom is 0.237 e. The molecule has 2 aliphatic rings. The van der Waals surface area contributed by atoms with Crippen LogP contribution in [0.2, 0.25) is 0 Å². The van der Waals surface area contributed by atoms with E-state index in [0.29, 0.717) is 6.04 Å². The standard InChI is InChI=1S/C16H22N2O/c19-16-15(9-3-4-11-17-16)18-14-10-5-7-12-6-1-2-8-13(12)14/h1-2,6,8,14-15,18H,3-5,7,9-11H2,(H,17,19). The van der Waals surface area contributed by atoms with Gasteiger partial charge in [0.05, 0.1) is 6.04 Å². The number of amides is 1. The molecule has 3 heteroatoms. The second kappa shape index (κ2) is 5.74. The third-order valence-electron chi connectivity index (χ3n) is 4.31. The molecule has 0 radical (unpaired) electrons. The summed E-state index contributed by atoms with van der Waals surface area (Å²) in [5.74, 6) is 0.181. The average molecular weight is 258 g/mol. The van der Waals surface area contributed by atoms with Crippen LogP contribution >= 0.6 is 0 Å². The number of nitrogens with one attached hydrogen (secondary N) is 2. The summed E-state index contributed by atoms with van der Waals surface area (Å²) in [7, 11) is 0. The fourth-order valence-electron chi connectivity index (χ4n) is 3.27. The first-order chi connectivity index (χ1) is 9.34. The predicted octanol–water partition coefficient (Wildman–Crippen LogP) is 2.32.